The SMILES string of the molecule is Cc1n[nH]c2ccc(-c3nnc(C=Cc4ccccc4)c(N4CCN[C@@H](C(C)C)C4)n3)cc12. The van der Waals surface area contributed by atoms with Crippen LogP contribution < -0.4 is 10.2 Å². The molecule has 1 atom stereocenters. The Morgan fingerprint density at radius 3 is 2.73 bits per heavy atom. The maximum Gasteiger partial charge on any atom is 0.183 e. The molecule has 5 rings (SSSR count). The van der Waals surface area contributed by atoms with Crippen molar-refractivity contribution in [1.82, 2.24) is 30.7 Å². The third kappa shape index (κ3) is 4.50. The lowest BCUT2D eigenvalue weighted by atomic mass is 10.0. The highest BCUT2D eigenvalue weighted by molar-refractivity contribution is 5.85. The largest absolute Gasteiger partial charge is 0.352 e. The number of aromatic amines is 1. The van der Waals surface area contributed by atoms with Crippen LogP contribution in [0, 0.1) is 12.8 Å². The molecule has 1 saturated heterocycles. The molecule has 1 aliphatic rings. The summed E-state index contributed by atoms with van der Waals surface area (Å²) in [6, 6.07) is 16.8. The summed E-state index contributed by atoms with van der Waals surface area (Å²) in [4.78, 5) is 7.38. The van der Waals surface area contributed by atoms with Gasteiger partial charge in [0.1, 0.15) is 5.69 Å². The van der Waals surface area contributed by atoms with Crippen molar-refractivity contribution in [3.8, 4) is 11.4 Å². The first-order chi connectivity index (χ1) is 16.1. The highest BCUT2D eigenvalue weighted by Gasteiger charge is 2.25. The molecule has 1 fully saturated rings. The summed E-state index contributed by atoms with van der Waals surface area (Å²) in [6.45, 7) is 9.20. The molecule has 2 N–H and O–H groups in total. The zero-order valence-electron chi connectivity index (χ0n) is 19.3. The van der Waals surface area contributed by atoms with E-state index in [1.807, 2.05) is 43.3 Å². The van der Waals surface area contributed by atoms with E-state index in [0.717, 1.165) is 58.9 Å². The molecular weight excluding hydrogens is 410 g/mol. The first kappa shape index (κ1) is 21.3. The number of aromatic nitrogens is 5. The van der Waals surface area contributed by atoms with Gasteiger partial charge in [-0.3, -0.25) is 5.10 Å². The number of H-pyrrole nitrogens is 1. The van der Waals surface area contributed by atoms with Crippen LogP contribution in [0.2, 0.25) is 0 Å². The molecule has 3 heterocycles. The Bertz CT molecular complexity index is 1280. The van der Waals surface area contributed by atoms with Gasteiger partial charge in [0.15, 0.2) is 11.6 Å². The van der Waals surface area contributed by atoms with Crippen LogP contribution in [0.25, 0.3) is 34.4 Å². The van der Waals surface area contributed by atoms with E-state index in [0.29, 0.717) is 17.8 Å². The minimum atomic E-state index is 0.410. The zero-order chi connectivity index (χ0) is 22.8. The number of rotatable bonds is 5. The Morgan fingerprint density at radius 2 is 1.91 bits per heavy atom. The lowest BCUT2D eigenvalue weighted by Gasteiger charge is -2.36. The van der Waals surface area contributed by atoms with E-state index in [4.69, 9.17) is 4.98 Å². The van der Waals surface area contributed by atoms with Crippen molar-refractivity contribution in [2.45, 2.75) is 26.8 Å². The van der Waals surface area contributed by atoms with Gasteiger partial charge in [0.05, 0.1) is 11.2 Å². The van der Waals surface area contributed by atoms with Crippen molar-refractivity contribution in [3.05, 3.63) is 65.5 Å². The molecule has 0 bridgehead atoms. The highest BCUT2D eigenvalue weighted by Crippen LogP contribution is 2.27. The first-order valence-corrected chi connectivity index (χ1v) is 11.5. The van der Waals surface area contributed by atoms with E-state index in [2.05, 4.69) is 68.7 Å². The number of nitrogens with zero attached hydrogens (tertiary/aromatic N) is 5. The predicted octanol–water partition coefficient (Wildman–Crippen LogP) is 4.33. The molecule has 2 aromatic heterocycles. The molecule has 7 heteroatoms. The summed E-state index contributed by atoms with van der Waals surface area (Å²) in [5.41, 5.74) is 4.82. The number of aryl methyl sites for hydroxylation is 1. The maximum atomic E-state index is 5.04. The molecule has 0 unspecified atom stereocenters. The minimum absolute atomic E-state index is 0.410. The van der Waals surface area contributed by atoms with Crippen molar-refractivity contribution in [2.75, 3.05) is 24.5 Å². The monoisotopic (exact) mass is 439 g/mol. The summed E-state index contributed by atoms with van der Waals surface area (Å²) in [5, 5.41) is 21.2. The van der Waals surface area contributed by atoms with Crippen molar-refractivity contribution in [1.29, 1.82) is 0 Å². The van der Waals surface area contributed by atoms with Gasteiger partial charge >= 0.3 is 0 Å². The van der Waals surface area contributed by atoms with E-state index in [9.17, 15) is 0 Å². The fourth-order valence-electron chi connectivity index (χ4n) is 4.23. The van der Waals surface area contributed by atoms with Gasteiger partial charge in [-0.2, -0.15) is 5.10 Å². The standard InChI is InChI=1S/C26H29N7/c1-17(2)24-16-33(14-13-27-24)26-23(11-9-19-7-5-4-6-8-19)31-32-25(28-26)20-10-12-22-21(15-20)18(3)29-30-22/h4-12,15,17,24,27H,13-14,16H2,1-3H3,(H,29,30)/t24-/m1/s1. The fraction of sp³-hybridized carbons (Fsp3) is 0.308. The molecule has 1 aliphatic heterocycles. The molecular formula is C26H29N7. The lowest BCUT2D eigenvalue weighted by Crippen LogP contribution is -2.53. The number of nitrogens with one attached hydrogen (secondary N) is 2. The Kier molecular flexibility index (Phi) is 5.88. The second-order valence-corrected chi connectivity index (χ2v) is 8.91. The van der Waals surface area contributed by atoms with Crippen LogP contribution in [-0.4, -0.2) is 51.1 Å². The van der Waals surface area contributed by atoms with Crippen molar-refractivity contribution >= 4 is 28.9 Å². The molecule has 0 radical (unpaired) electrons. The van der Waals surface area contributed by atoms with Crippen LogP contribution >= 0.6 is 0 Å². The van der Waals surface area contributed by atoms with Crippen LogP contribution in [-0.2, 0) is 0 Å². The first-order valence-electron chi connectivity index (χ1n) is 11.5. The number of benzene rings is 2. The second kappa shape index (κ2) is 9.11. The van der Waals surface area contributed by atoms with E-state index >= 15 is 0 Å². The van der Waals surface area contributed by atoms with Gasteiger partial charge in [-0.05, 0) is 42.7 Å². The number of fused-ring (bicyclic) bond motifs is 1. The van der Waals surface area contributed by atoms with E-state index in [1.54, 1.807) is 0 Å². The normalized spacial score (nSPS) is 16.8. The van der Waals surface area contributed by atoms with Gasteiger partial charge in [-0.25, -0.2) is 4.98 Å². The Morgan fingerprint density at radius 1 is 1.06 bits per heavy atom. The Hall–Kier alpha value is -3.58. The smallest absolute Gasteiger partial charge is 0.183 e. The molecule has 0 aliphatic carbocycles. The van der Waals surface area contributed by atoms with Gasteiger partial charge in [0.2, 0.25) is 0 Å². The average molecular weight is 440 g/mol. The van der Waals surface area contributed by atoms with E-state index in [1.165, 1.54) is 0 Å². The average Bonchev–Trinajstić information content (AvgIpc) is 3.23. The number of hydrogen-bond acceptors (Lipinski definition) is 6. The van der Waals surface area contributed by atoms with Crippen molar-refractivity contribution < 1.29 is 0 Å². The number of anilines is 1. The summed E-state index contributed by atoms with van der Waals surface area (Å²) in [6.07, 6.45) is 4.09. The van der Waals surface area contributed by atoms with Crippen molar-refractivity contribution in [3.63, 3.8) is 0 Å². The Labute approximate surface area is 194 Å². The molecule has 0 saturated carbocycles. The van der Waals surface area contributed by atoms with Crippen LogP contribution in [0.15, 0.2) is 48.5 Å². The number of hydrogen-bond donors (Lipinski definition) is 2. The molecule has 0 spiro atoms. The molecule has 2 aromatic carbocycles. The van der Waals surface area contributed by atoms with Crippen LogP contribution in [0.3, 0.4) is 0 Å². The molecule has 168 valence electrons. The lowest BCUT2D eigenvalue weighted by molar-refractivity contribution is 0.367. The zero-order valence-corrected chi connectivity index (χ0v) is 19.3. The topological polar surface area (TPSA) is 82.6 Å². The van der Waals surface area contributed by atoms with Gasteiger partial charge in [0.25, 0.3) is 0 Å². The van der Waals surface area contributed by atoms with Crippen molar-refractivity contribution in [2.24, 2.45) is 5.92 Å². The minimum Gasteiger partial charge on any atom is -0.352 e. The van der Waals surface area contributed by atoms with Gasteiger partial charge in [0, 0.05) is 36.6 Å². The van der Waals surface area contributed by atoms with E-state index in [-0.39, 0.29) is 0 Å². The maximum absolute atomic E-state index is 5.04. The third-order valence-corrected chi connectivity index (χ3v) is 6.25. The summed E-state index contributed by atoms with van der Waals surface area (Å²) in [7, 11) is 0. The molecule has 33 heavy (non-hydrogen) atoms. The van der Waals surface area contributed by atoms with Crippen LogP contribution in [0.5, 0.6) is 0 Å². The fourth-order valence-corrected chi connectivity index (χ4v) is 4.23. The summed E-state index contributed by atoms with van der Waals surface area (Å²) in [5.74, 6) is 2.05. The summed E-state index contributed by atoms with van der Waals surface area (Å²) >= 11 is 0. The van der Waals surface area contributed by atoms with E-state index < -0.39 is 0 Å². The van der Waals surface area contributed by atoms with Gasteiger partial charge < -0.3 is 10.2 Å². The Balaban J connectivity index is 1.55. The summed E-state index contributed by atoms with van der Waals surface area (Å²) < 4.78 is 0. The predicted molar refractivity (Wildman–Crippen MR) is 134 cm³/mol. The van der Waals surface area contributed by atoms with Gasteiger partial charge in [-0.1, -0.05) is 50.3 Å². The van der Waals surface area contributed by atoms with Crippen LogP contribution in [0.1, 0.15) is 30.8 Å². The second-order valence-electron chi connectivity index (χ2n) is 8.91. The number of piperazine rings is 1. The quantitative estimate of drug-likeness (QED) is 0.482. The third-order valence-electron chi connectivity index (χ3n) is 6.25. The molecule has 0 amide bonds. The molecule has 7 nitrogen and oxygen atoms in total. The highest BCUT2D eigenvalue weighted by atomic mass is 15.3. The molecule has 4 aromatic rings. The van der Waals surface area contributed by atoms with Gasteiger partial charge in [-0.15, -0.1) is 10.2 Å². The van der Waals surface area contributed by atoms with Crippen LogP contribution in [0.4, 0.5) is 5.82 Å².